The molecule has 2 saturated heterocycles. The zero-order chi connectivity index (χ0) is 45.4. The van der Waals surface area contributed by atoms with Crippen molar-refractivity contribution >= 4 is 59.2 Å². The van der Waals surface area contributed by atoms with Gasteiger partial charge in [-0.1, -0.05) is 41.5 Å². The van der Waals surface area contributed by atoms with Crippen LogP contribution in [0.4, 0.5) is 0 Å². The highest BCUT2D eigenvalue weighted by Gasteiger charge is 2.42. The molecule has 2 aliphatic heterocycles. The highest BCUT2D eigenvalue weighted by molar-refractivity contribution is 5.99. The number of rotatable bonds is 12. The van der Waals surface area contributed by atoms with Crippen LogP contribution in [0.25, 0.3) is 0 Å². The Bertz CT molecular complexity index is 1600. The van der Waals surface area contributed by atoms with Crippen molar-refractivity contribution in [2.45, 2.75) is 142 Å². The quantitative estimate of drug-likeness (QED) is 0.0588. The lowest BCUT2D eigenvalue weighted by molar-refractivity contribution is -0.149. The molecular formula is C39H67N11O10. The number of nitrogens with two attached hydrogens (primary N) is 2. The Hall–Kier alpha value is -5.50. The Morgan fingerprint density at radius 2 is 1.30 bits per heavy atom. The van der Waals surface area contributed by atoms with Crippen LogP contribution in [0, 0.1) is 17.8 Å². The predicted molar refractivity (Wildman–Crippen MR) is 220 cm³/mol. The number of likely N-dealkylation sites (N-methyl/N-ethyl adjacent to an activating group) is 1. The Kier molecular flexibility index (Phi) is 20.2. The molecular weight excluding hydrogens is 782 g/mol. The number of carbonyl (C=O) groups excluding carboxylic acids is 8. The fourth-order valence-corrected chi connectivity index (χ4v) is 7.07. The molecule has 21 nitrogen and oxygen atoms in total. The lowest BCUT2D eigenvalue weighted by atomic mass is 9.97. The number of guanidine groups is 1. The molecule has 8 amide bonds. The van der Waals surface area contributed by atoms with Crippen molar-refractivity contribution < 1.29 is 48.3 Å². The SMILES string of the molecule is CC(C)C[C@@H]1NC(=O)[C@H](C)NC(=O)[C@@H]2CCCN2C(=O)[C@@H](CC(C)C)N(C)C(=O)[C@H](CC(C)C)NC(=O)[C@H](CC(=O)O)NC(=O)CNC(=O)[C@H](CCCN=C(N)N)NC1=O. The number of aliphatic carboxylic acids is 1. The molecule has 0 aromatic rings. The second-order valence-electron chi connectivity index (χ2n) is 16.8. The molecule has 2 fully saturated rings. The van der Waals surface area contributed by atoms with Gasteiger partial charge in [-0.25, -0.2) is 0 Å². The number of carbonyl (C=O) groups is 9. The van der Waals surface area contributed by atoms with Crippen molar-refractivity contribution in [3.63, 3.8) is 0 Å². The molecule has 0 saturated carbocycles. The van der Waals surface area contributed by atoms with E-state index >= 15 is 0 Å². The zero-order valence-electron chi connectivity index (χ0n) is 36.2. The minimum absolute atomic E-state index is 0.0107. The van der Waals surface area contributed by atoms with E-state index in [2.05, 4.69) is 36.9 Å². The fraction of sp³-hybridized carbons (Fsp3) is 0.744. The molecule has 21 heteroatoms. The number of fused-ring (bicyclic) bond motifs is 1. The molecule has 0 aromatic heterocycles. The van der Waals surface area contributed by atoms with Gasteiger partial charge in [0.25, 0.3) is 0 Å². The van der Waals surface area contributed by atoms with Crippen LogP contribution in [-0.2, 0) is 43.2 Å². The topological polar surface area (TPSA) is 317 Å². The van der Waals surface area contributed by atoms with Crippen LogP contribution in [0.2, 0.25) is 0 Å². The second kappa shape index (κ2) is 23.9. The molecule has 2 aliphatic rings. The van der Waals surface area contributed by atoms with Crippen molar-refractivity contribution in [3.05, 3.63) is 0 Å². The number of aliphatic imine (C=N–C) groups is 1. The molecule has 0 bridgehead atoms. The number of nitrogens with one attached hydrogen (secondary N) is 6. The highest BCUT2D eigenvalue weighted by atomic mass is 16.4. The van der Waals surface area contributed by atoms with Crippen LogP contribution in [0.1, 0.15) is 99.8 Å². The number of carboxylic acid groups (broad SMARTS) is 1. The van der Waals surface area contributed by atoms with Crippen LogP contribution >= 0.6 is 0 Å². The molecule has 7 atom stereocenters. The standard InChI is InChI=1S/C39H67N11O10/c1-20(2)15-25-34(56)46-24(11-9-13-42-39(40)41)33(55)43-19-30(51)45-26(18-31(52)53)35(57)48-27(16-21(3)4)37(59)49(8)29(17-22(5)6)38(60)50-14-10-12-28(50)36(58)44-23(7)32(54)47-25/h20-29H,9-19H2,1-8H3,(H,43,55)(H,44,58)(H,45,51)(H,46,56)(H,47,54)(H,48,57)(H,52,53)(H4,40,41,42)/t23-,24-,25-,26-,27-,28-,29+/m0/s1. The maximum atomic E-state index is 14.3. The Morgan fingerprint density at radius 1 is 0.733 bits per heavy atom. The summed E-state index contributed by atoms with van der Waals surface area (Å²) in [5, 5.41) is 24.9. The first-order valence-corrected chi connectivity index (χ1v) is 20.6. The minimum atomic E-state index is -1.68. The van der Waals surface area contributed by atoms with E-state index in [0.717, 1.165) is 0 Å². The van der Waals surface area contributed by atoms with Crippen molar-refractivity contribution in [2.24, 2.45) is 34.2 Å². The van der Waals surface area contributed by atoms with Gasteiger partial charge in [-0.15, -0.1) is 0 Å². The van der Waals surface area contributed by atoms with Gasteiger partial charge in [0, 0.05) is 20.1 Å². The number of carboxylic acids is 1. The van der Waals surface area contributed by atoms with Crippen LogP contribution in [-0.4, -0.2) is 143 Å². The first kappa shape index (κ1) is 50.6. The molecule has 0 unspecified atom stereocenters. The summed E-state index contributed by atoms with van der Waals surface area (Å²) in [5.74, 6) is -7.93. The van der Waals surface area contributed by atoms with Crippen molar-refractivity contribution in [2.75, 3.05) is 26.7 Å². The summed E-state index contributed by atoms with van der Waals surface area (Å²) in [6.45, 7) is 12.0. The zero-order valence-corrected chi connectivity index (χ0v) is 36.2. The van der Waals surface area contributed by atoms with Crippen LogP contribution in [0.15, 0.2) is 4.99 Å². The third-order valence-electron chi connectivity index (χ3n) is 10.1. The van der Waals surface area contributed by atoms with Crippen molar-refractivity contribution in [3.8, 4) is 0 Å². The van der Waals surface area contributed by atoms with Gasteiger partial charge < -0.3 is 58.3 Å². The van der Waals surface area contributed by atoms with Gasteiger partial charge in [0.1, 0.15) is 42.3 Å². The van der Waals surface area contributed by atoms with Gasteiger partial charge in [0.15, 0.2) is 5.96 Å². The Labute approximate surface area is 351 Å². The first-order valence-electron chi connectivity index (χ1n) is 20.6. The van der Waals surface area contributed by atoms with Gasteiger partial charge in [0.2, 0.25) is 47.3 Å². The van der Waals surface area contributed by atoms with E-state index in [1.807, 2.05) is 27.7 Å². The summed E-state index contributed by atoms with van der Waals surface area (Å²) in [4.78, 5) is 128. The van der Waals surface area contributed by atoms with E-state index in [1.54, 1.807) is 13.8 Å². The van der Waals surface area contributed by atoms with Crippen molar-refractivity contribution in [1.82, 2.24) is 41.7 Å². The van der Waals surface area contributed by atoms with E-state index < -0.39 is 108 Å². The Balaban J connectivity index is 2.64. The lowest BCUT2D eigenvalue weighted by Gasteiger charge is -2.36. The van der Waals surface area contributed by atoms with Gasteiger partial charge in [-0.05, 0) is 69.6 Å². The summed E-state index contributed by atoms with van der Waals surface area (Å²) < 4.78 is 0. The van der Waals surface area contributed by atoms with Gasteiger partial charge in [0.05, 0.1) is 13.0 Å². The lowest BCUT2D eigenvalue weighted by Crippen LogP contribution is -2.60. The number of nitrogens with zero attached hydrogens (tertiary/aromatic N) is 3. The van der Waals surface area contributed by atoms with Crippen LogP contribution < -0.4 is 43.4 Å². The number of hydrogen-bond acceptors (Lipinski definition) is 10. The molecule has 2 heterocycles. The summed E-state index contributed by atoms with van der Waals surface area (Å²) >= 11 is 0. The minimum Gasteiger partial charge on any atom is -0.481 e. The average Bonchev–Trinajstić information content (AvgIpc) is 3.65. The first-order chi connectivity index (χ1) is 28.0. The summed E-state index contributed by atoms with van der Waals surface area (Å²) in [6, 6.07) is -8.55. The van der Waals surface area contributed by atoms with E-state index in [0.29, 0.717) is 6.42 Å². The van der Waals surface area contributed by atoms with E-state index in [1.165, 1.54) is 23.8 Å². The predicted octanol–water partition coefficient (Wildman–Crippen LogP) is -1.96. The van der Waals surface area contributed by atoms with E-state index in [4.69, 9.17) is 11.5 Å². The molecule has 2 rings (SSSR count). The summed E-state index contributed by atoms with van der Waals surface area (Å²) in [7, 11) is 1.42. The fourth-order valence-electron chi connectivity index (χ4n) is 7.07. The van der Waals surface area contributed by atoms with E-state index in [-0.39, 0.29) is 75.3 Å². The highest BCUT2D eigenvalue weighted by Crippen LogP contribution is 2.24. The molecule has 0 aromatic carbocycles. The van der Waals surface area contributed by atoms with Crippen LogP contribution in [0.5, 0.6) is 0 Å². The van der Waals surface area contributed by atoms with Gasteiger partial charge in [-0.3, -0.25) is 48.1 Å². The summed E-state index contributed by atoms with van der Waals surface area (Å²) in [5.41, 5.74) is 10.8. The molecule has 60 heavy (non-hydrogen) atoms. The Morgan fingerprint density at radius 3 is 1.88 bits per heavy atom. The number of hydrogen-bond donors (Lipinski definition) is 9. The normalized spacial score (nSPS) is 26.1. The number of amides is 8. The second-order valence-corrected chi connectivity index (χ2v) is 16.8. The van der Waals surface area contributed by atoms with E-state index in [9.17, 15) is 48.3 Å². The largest absolute Gasteiger partial charge is 0.481 e. The average molecular weight is 850 g/mol. The monoisotopic (exact) mass is 850 g/mol. The summed E-state index contributed by atoms with van der Waals surface area (Å²) in [6.07, 6.45) is 0.505. The molecule has 338 valence electrons. The molecule has 0 radical (unpaired) electrons. The van der Waals surface area contributed by atoms with Crippen molar-refractivity contribution in [1.29, 1.82) is 0 Å². The van der Waals surface area contributed by atoms with Gasteiger partial charge in [-0.2, -0.15) is 0 Å². The molecule has 11 N–H and O–H groups in total. The maximum absolute atomic E-state index is 14.3. The van der Waals surface area contributed by atoms with Crippen LogP contribution in [0.3, 0.4) is 0 Å². The third kappa shape index (κ3) is 16.3. The third-order valence-corrected chi connectivity index (χ3v) is 10.1. The molecule has 0 aliphatic carbocycles. The molecule has 0 spiro atoms. The maximum Gasteiger partial charge on any atom is 0.305 e. The smallest absolute Gasteiger partial charge is 0.305 e. The van der Waals surface area contributed by atoms with Gasteiger partial charge >= 0.3 is 5.97 Å².